The van der Waals surface area contributed by atoms with Crippen LogP contribution in [0.2, 0.25) is 0 Å². The van der Waals surface area contributed by atoms with Gasteiger partial charge >= 0.3 is 0 Å². The van der Waals surface area contributed by atoms with E-state index in [4.69, 9.17) is 0 Å². The lowest BCUT2D eigenvalue weighted by Gasteiger charge is -2.27. The van der Waals surface area contributed by atoms with Crippen LogP contribution in [-0.2, 0) is 0 Å². The van der Waals surface area contributed by atoms with E-state index in [1.165, 1.54) is 32.1 Å². The number of rotatable bonds is 5. The van der Waals surface area contributed by atoms with Crippen molar-refractivity contribution >= 4 is 5.95 Å². The Hall–Kier alpha value is -0.990. The highest BCUT2D eigenvalue weighted by atomic mass is 15.2. The van der Waals surface area contributed by atoms with Crippen LogP contribution in [0.4, 0.5) is 5.95 Å². The summed E-state index contributed by atoms with van der Waals surface area (Å²) in [4.78, 5) is 4.51. The van der Waals surface area contributed by atoms with Crippen LogP contribution in [-0.4, -0.2) is 15.6 Å². The predicted molar refractivity (Wildman–Crippen MR) is 76.9 cm³/mol. The van der Waals surface area contributed by atoms with Crippen molar-refractivity contribution in [2.45, 2.75) is 71.4 Å². The SMILES string of the molecule is CCC(C(C)C)n1ccnc1NC1CCCCC1. The van der Waals surface area contributed by atoms with Crippen LogP contribution in [0.1, 0.15) is 65.3 Å². The van der Waals surface area contributed by atoms with Crippen molar-refractivity contribution < 1.29 is 0 Å². The van der Waals surface area contributed by atoms with E-state index in [-0.39, 0.29) is 0 Å². The summed E-state index contributed by atoms with van der Waals surface area (Å²) < 4.78 is 2.33. The van der Waals surface area contributed by atoms with Crippen molar-refractivity contribution in [1.29, 1.82) is 0 Å². The lowest BCUT2D eigenvalue weighted by atomic mass is 9.96. The van der Waals surface area contributed by atoms with E-state index in [0.29, 0.717) is 18.0 Å². The van der Waals surface area contributed by atoms with Crippen LogP contribution in [0.5, 0.6) is 0 Å². The first-order chi connectivity index (χ1) is 8.72. The fraction of sp³-hybridized carbons (Fsp3) is 0.800. The second-order valence-corrected chi connectivity index (χ2v) is 5.86. The molecule has 0 aromatic carbocycles. The molecule has 0 spiro atoms. The zero-order valence-electron chi connectivity index (χ0n) is 12.0. The summed E-state index contributed by atoms with van der Waals surface area (Å²) in [7, 11) is 0. The van der Waals surface area contributed by atoms with E-state index in [1.54, 1.807) is 0 Å². The lowest BCUT2D eigenvalue weighted by molar-refractivity contribution is 0.366. The molecule has 1 atom stereocenters. The van der Waals surface area contributed by atoms with Crippen LogP contribution >= 0.6 is 0 Å². The molecule has 1 fully saturated rings. The van der Waals surface area contributed by atoms with E-state index in [9.17, 15) is 0 Å². The zero-order chi connectivity index (χ0) is 13.0. The first-order valence-electron chi connectivity index (χ1n) is 7.51. The van der Waals surface area contributed by atoms with Gasteiger partial charge in [0.05, 0.1) is 0 Å². The zero-order valence-corrected chi connectivity index (χ0v) is 12.0. The molecule has 0 amide bonds. The quantitative estimate of drug-likeness (QED) is 0.846. The van der Waals surface area contributed by atoms with Crippen molar-refractivity contribution in [1.82, 2.24) is 9.55 Å². The third-order valence-electron chi connectivity index (χ3n) is 4.15. The molecule has 1 aromatic rings. The maximum atomic E-state index is 4.51. The molecule has 1 N–H and O–H groups in total. The molecule has 3 nitrogen and oxygen atoms in total. The van der Waals surface area contributed by atoms with Gasteiger partial charge in [0.1, 0.15) is 0 Å². The average molecular weight is 249 g/mol. The smallest absolute Gasteiger partial charge is 0.203 e. The topological polar surface area (TPSA) is 29.9 Å². The van der Waals surface area contributed by atoms with Crippen LogP contribution in [0.15, 0.2) is 12.4 Å². The number of hydrogen-bond donors (Lipinski definition) is 1. The maximum absolute atomic E-state index is 4.51. The molecule has 102 valence electrons. The summed E-state index contributed by atoms with van der Waals surface area (Å²) in [5.74, 6) is 1.72. The fourth-order valence-corrected chi connectivity index (χ4v) is 3.11. The molecule has 1 saturated carbocycles. The highest BCUT2D eigenvalue weighted by Crippen LogP contribution is 2.27. The van der Waals surface area contributed by atoms with E-state index in [1.807, 2.05) is 6.20 Å². The Morgan fingerprint density at radius 1 is 1.33 bits per heavy atom. The number of imidazole rings is 1. The first-order valence-corrected chi connectivity index (χ1v) is 7.51. The van der Waals surface area contributed by atoms with Crippen molar-refractivity contribution in [2.75, 3.05) is 5.32 Å². The largest absolute Gasteiger partial charge is 0.353 e. The Morgan fingerprint density at radius 3 is 2.67 bits per heavy atom. The van der Waals surface area contributed by atoms with Gasteiger partial charge in [-0.2, -0.15) is 0 Å². The lowest BCUT2D eigenvalue weighted by Crippen LogP contribution is -2.26. The van der Waals surface area contributed by atoms with E-state index in [0.717, 1.165) is 12.4 Å². The van der Waals surface area contributed by atoms with Crippen LogP contribution in [0.3, 0.4) is 0 Å². The maximum Gasteiger partial charge on any atom is 0.203 e. The molecule has 0 bridgehead atoms. The molecule has 1 heterocycles. The van der Waals surface area contributed by atoms with Crippen molar-refractivity contribution in [3.63, 3.8) is 0 Å². The summed E-state index contributed by atoms with van der Waals surface area (Å²) in [6.07, 6.45) is 11.9. The van der Waals surface area contributed by atoms with Crippen LogP contribution < -0.4 is 5.32 Å². The average Bonchev–Trinajstić information content (AvgIpc) is 2.79. The Bertz CT molecular complexity index is 350. The summed E-state index contributed by atoms with van der Waals surface area (Å²) in [6.45, 7) is 6.84. The second kappa shape index (κ2) is 6.26. The minimum atomic E-state index is 0.554. The van der Waals surface area contributed by atoms with Crippen LogP contribution in [0, 0.1) is 5.92 Å². The Morgan fingerprint density at radius 2 is 2.06 bits per heavy atom. The van der Waals surface area contributed by atoms with Gasteiger partial charge in [-0.15, -0.1) is 0 Å². The third kappa shape index (κ3) is 3.06. The molecule has 1 aliphatic rings. The van der Waals surface area contributed by atoms with Gasteiger partial charge < -0.3 is 9.88 Å². The van der Waals surface area contributed by atoms with Gasteiger partial charge in [0, 0.05) is 24.5 Å². The summed E-state index contributed by atoms with van der Waals surface area (Å²) in [6, 6.07) is 1.18. The number of anilines is 1. The molecule has 0 saturated heterocycles. The number of nitrogens with one attached hydrogen (secondary N) is 1. The molecule has 0 radical (unpaired) electrons. The molecule has 1 unspecified atom stereocenters. The molecule has 3 heteroatoms. The number of aromatic nitrogens is 2. The van der Waals surface area contributed by atoms with Gasteiger partial charge in [0.2, 0.25) is 5.95 Å². The summed E-state index contributed by atoms with van der Waals surface area (Å²) in [5.41, 5.74) is 0. The first kappa shape index (κ1) is 13.4. The molecule has 1 aromatic heterocycles. The van der Waals surface area contributed by atoms with Crippen molar-refractivity contribution in [3.05, 3.63) is 12.4 Å². The van der Waals surface area contributed by atoms with E-state index in [2.05, 4.69) is 41.8 Å². The molecule has 1 aliphatic carbocycles. The Kier molecular flexibility index (Phi) is 4.67. The molecule has 18 heavy (non-hydrogen) atoms. The van der Waals surface area contributed by atoms with E-state index >= 15 is 0 Å². The van der Waals surface area contributed by atoms with Crippen molar-refractivity contribution in [2.24, 2.45) is 5.92 Å². The van der Waals surface area contributed by atoms with Crippen LogP contribution in [0.25, 0.3) is 0 Å². The van der Waals surface area contributed by atoms with Gasteiger partial charge in [-0.05, 0) is 25.2 Å². The summed E-state index contributed by atoms with van der Waals surface area (Å²) >= 11 is 0. The normalized spacial score (nSPS) is 19.1. The van der Waals surface area contributed by atoms with Gasteiger partial charge in [-0.1, -0.05) is 40.0 Å². The standard InChI is InChI=1S/C15H27N3/c1-4-14(12(2)3)18-11-10-16-15(18)17-13-8-6-5-7-9-13/h10-14H,4-9H2,1-3H3,(H,16,17). The van der Waals surface area contributed by atoms with Crippen molar-refractivity contribution in [3.8, 4) is 0 Å². The minimum absolute atomic E-state index is 0.554. The van der Waals surface area contributed by atoms with Gasteiger partial charge in [0.25, 0.3) is 0 Å². The van der Waals surface area contributed by atoms with Gasteiger partial charge in [0.15, 0.2) is 0 Å². The Balaban J connectivity index is 2.06. The minimum Gasteiger partial charge on any atom is -0.353 e. The van der Waals surface area contributed by atoms with Gasteiger partial charge in [-0.25, -0.2) is 4.98 Å². The highest BCUT2D eigenvalue weighted by Gasteiger charge is 2.19. The molecular formula is C15H27N3. The highest BCUT2D eigenvalue weighted by molar-refractivity contribution is 5.28. The molecule has 0 aliphatic heterocycles. The summed E-state index contributed by atoms with van der Waals surface area (Å²) in [5, 5.41) is 3.65. The molecular weight excluding hydrogens is 222 g/mol. The second-order valence-electron chi connectivity index (χ2n) is 5.86. The van der Waals surface area contributed by atoms with E-state index < -0.39 is 0 Å². The predicted octanol–water partition coefficient (Wildman–Crippen LogP) is 4.23. The fourth-order valence-electron chi connectivity index (χ4n) is 3.11. The third-order valence-corrected chi connectivity index (χ3v) is 4.15. The molecule has 2 rings (SSSR count). The number of nitrogens with zero attached hydrogens (tertiary/aromatic N) is 2. The number of hydrogen-bond acceptors (Lipinski definition) is 2. The van der Waals surface area contributed by atoms with Gasteiger partial charge in [-0.3, -0.25) is 0 Å². The monoisotopic (exact) mass is 249 g/mol. The Labute approximate surface area is 111 Å².